The molecule has 0 aromatic rings. The number of hydrogen-bond donors (Lipinski definition) is 34. The van der Waals surface area contributed by atoms with Gasteiger partial charge in [0.15, 0.2) is 69.2 Å². The molecule has 0 bridgehead atoms. The molecule has 11 aliphatic heterocycles. The van der Waals surface area contributed by atoms with Gasteiger partial charge in [0, 0.05) is 34.6 Å². The monoisotopic (exact) mass is 1990 g/mol. The minimum atomic E-state index is -2.71. The Kier molecular flexibility index (Phi) is 40.1. The maximum atomic E-state index is 13.3. The zero-order valence-corrected chi connectivity index (χ0v) is 73.4. The van der Waals surface area contributed by atoms with Gasteiger partial charge in [0.2, 0.25) is 29.5 Å². The van der Waals surface area contributed by atoms with Crippen LogP contribution < -0.4 is 26.6 Å². The molecule has 5 amide bonds. The Bertz CT molecular complexity index is 3760. The van der Waals surface area contributed by atoms with Crippen LogP contribution in [0.3, 0.4) is 0 Å². The van der Waals surface area contributed by atoms with Crippen molar-refractivity contribution >= 4 is 29.5 Å². The van der Waals surface area contributed by atoms with Gasteiger partial charge in [-0.25, -0.2) is 0 Å². The minimum Gasteiger partial charge on any atom is -0.394 e. The summed E-state index contributed by atoms with van der Waals surface area (Å²) in [5, 5.41) is 340. The van der Waals surface area contributed by atoms with E-state index < -0.39 is 433 Å². The standard InChI is InChI=1S/C76H127N5O55/c1-17-38(96)49(107)53(111)71(117-17)136-64-52(110)42(100)26(10-85)122-75(64)132-60-30(14-89)124-69(36(48(60)106)80-21(5)94)129-61-31(15-90)126-76(65(55(61)113)135-67-34(78-19(3)92)44(102)39(97)23(7-82)119-67)133-62-43(101)32(127-73(56(62)114)131-59-29(13-88)123-68(35(46(59)104)79-20(4)93)128-57-27(11-86)118-66(115)33(45(57)103)77-18(2)91)16-116-74-63(51(109)41(99)25(9-84)121-74)134-70-37(81-22(6)95)47(105)58(28(12-87)125-70)130-72-54(112)50(108)40(98)24(8-83)120-72/h17,23-76,82-90,96-115H,7-16H2,1-6H3,(H,77,91)(H,78,92)(H,79,93)(H,80,94)(H,81,95)/t17-,23+,24+,25+,26+,27+,28+,29+,30+,31+,32+,33+,34+,35+,36+,37+,38+,39+,40-,41+,42-,43+,44+,45+,46+,47+,48+,49+,50-,51-,52-,53-,54+,55-,56-,57+,58+,59+,60+,61+,62-,63-,64+,65-,66+,67-,68-,69-,70-,71-,72-,73-,74-,75-,76+/m0/s1. The third-order valence-corrected chi connectivity index (χ3v) is 25.0. The average Bonchev–Trinajstić information content (AvgIpc) is 0.756. The Hall–Kier alpha value is -4.65. The molecule has 11 aliphatic rings. The van der Waals surface area contributed by atoms with Crippen LogP contribution in [0.1, 0.15) is 41.5 Å². The predicted molar refractivity (Wildman–Crippen MR) is 419 cm³/mol. The van der Waals surface area contributed by atoms with Gasteiger partial charge in [-0.3, -0.25) is 24.0 Å². The molecule has 0 aromatic heterocycles. The number of amides is 5. The molecule has 11 heterocycles. The lowest BCUT2D eigenvalue weighted by Gasteiger charge is -2.52. The average molecular weight is 1990 g/mol. The second-order valence-electron chi connectivity index (χ2n) is 34.5. The molecule has 60 heteroatoms. The van der Waals surface area contributed by atoms with Crippen molar-refractivity contribution < 1.29 is 272 Å². The molecule has 136 heavy (non-hydrogen) atoms. The summed E-state index contributed by atoms with van der Waals surface area (Å²) < 4.78 is 127. The van der Waals surface area contributed by atoms with Crippen LogP contribution in [0.15, 0.2) is 0 Å². The van der Waals surface area contributed by atoms with Gasteiger partial charge in [0.05, 0.1) is 72.2 Å². The van der Waals surface area contributed by atoms with E-state index in [0.717, 1.165) is 34.6 Å². The number of ether oxygens (including phenoxy) is 21. The molecular formula is C76H127N5O55. The molecule has 0 saturated carbocycles. The van der Waals surface area contributed by atoms with E-state index in [2.05, 4.69) is 26.6 Å². The molecule has 34 N–H and O–H groups in total. The maximum Gasteiger partial charge on any atom is 0.217 e. The van der Waals surface area contributed by atoms with Crippen LogP contribution in [-0.2, 0) is 123 Å². The van der Waals surface area contributed by atoms with Crippen LogP contribution >= 0.6 is 0 Å². The molecule has 11 saturated heterocycles. The summed E-state index contributed by atoms with van der Waals surface area (Å²) in [4.78, 5) is 64.9. The van der Waals surface area contributed by atoms with Crippen molar-refractivity contribution in [3.05, 3.63) is 0 Å². The Morgan fingerprint density at radius 1 is 0.206 bits per heavy atom. The van der Waals surface area contributed by atoms with Crippen molar-refractivity contribution in [2.45, 2.75) is 379 Å². The highest BCUT2D eigenvalue weighted by Gasteiger charge is 2.63. The van der Waals surface area contributed by atoms with Crippen molar-refractivity contribution in [1.82, 2.24) is 26.6 Å². The highest BCUT2D eigenvalue weighted by Crippen LogP contribution is 2.42. The summed E-state index contributed by atoms with van der Waals surface area (Å²) in [7, 11) is 0. The van der Waals surface area contributed by atoms with E-state index in [0.29, 0.717) is 0 Å². The predicted octanol–water partition coefficient (Wildman–Crippen LogP) is -23.2. The Labute approximate surface area is 770 Å². The highest BCUT2D eigenvalue weighted by atomic mass is 16.8. The summed E-state index contributed by atoms with van der Waals surface area (Å²) in [5.74, 6) is -4.80. The first-order valence-electron chi connectivity index (χ1n) is 43.5. The summed E-state index contributed by atoms with van der Waals surface area (Å²) in [6, 6.07) is -9.74. The van der Waals surface area contributed by atoms with E-state index in [1.54, 1.807) is 0 Å². The van der Waals surface area contributed by atoms with Crippen LogP contribution in [0.25, 0.3) is 0 Å². The molecular weight excluding hydrogens is 1860 g/mol. The zero-order valence-electron chi connectivity index (χ0n) is 73.4. The molecule has 60 nitrogen and oxygen atoms in total. The van der Waals surface area contributed by atoms with Crippen molar-refractivity contribution in [3.8, 4) is 0 Å². The summed E-state index contributed by atoms with van der Waals surface area (Å²) >= 11 is 0. The summed E-state index contributed by atoms with van der Waals surface area (Å²) in [5.41, 5.74) is 0. The summed E-state index contributed by atoms with van der Waals surface area (Å²) in [6.45, 7) is -5.89. The number of aliphatic hydroxyl groups excluding tert-OH is 29. The van der Waals surface area contributed by atoms with Crippen LogP contribution in [0.2, 0.25) is 0 Å². The van der Waals surface area contributed by atoms with E-state index in [1.165, 1.54) is 6.92 Å². The molecule has 11 rings (SSSR count). The SMILES string of the molecule is CC(=O)N[C@@H]1[C@@H](O)[C@H](O[C@@H]2O[C@H](CO)[C@@H](O[C@@H]3O[C@H](CO[C@H]4O[C@H](CO)[C@@H](O)[C@H](O)[C@@H]4O[C@@H]4O[C@H](CO)[C@@H](O[C@@H]5O[C@H](CO)[C@H](O)[C@H](O)[C@H]5O)[C@H](O)[C@H]4NC(C)=O)[C@@H](O)[C@H](O[C@H]4O[C@H](CO)[C@@H](O[C@@H]5O[C@H](CO)[C@@H](O[C@@H]6O[C@H](CO)[C@H](O)[C@H](O)[C@H]6O[C@@H]6O[C@@H](C)[C@@H](O)[C@@H](O)[C@@H]6O)[C@H](O)[C@H]5NC(C)=O)[C@H](O)[C@@H]4O[C@@H]4O[C@H](CO)[C@@H](O)[C@H](O)[C@H]4NC(C)=O)[C@@H]3O)[C@H](O)[C@H]2NC(C)=O)[C@@H](CO)O[C@H]1O. The largest absolute Gasteiger partial charge is 0.394 e. The number of carbonyl (C=O) groups is 5. The van der Waals surface area contributed by atoms with Crippen molar-refractivity contribution in [2.24, 2.45) is 0 Å². The lowest BCUT2D eigenvalue weighted by atomic mass is 9.93. The fourth-order valence-electron chi connectivity index (χ4n) is 17.8. The molecule has 0 aromatic carbocycles. The lowest BCUT2D eigenvalue weighted by Crippen LogP contribution is -2.71. The number of hydrogen-bond acceptors (Lipinski definition) is 55. The van der Waals surface area contributed by atoms with E-state index in [1.807, 2.05) is 0 Å². The first-order valence-corrected chi connectivity index (χ1v) is 43.5. The number of carbonyl (C=O) groups excluding carboxylic acids is 5. The van der Waals surface area contributed by atoms with Crippen LogP contribution in [0, 0.1) is 0 Å². The van der Waals surface area contributed by atoms with Crippen LogP contribution in [0.4, 0.5) is 0 Å². The van der Waals surface area contributed by atoms with E-state index >= 15 is 0 Å². The number of rotatable bonds is 35. The first-order chi connectivity index (χ1) is 64.3. The van der Waals surface area contributed by atoms with Gasteiger partial charge >= 0.3 is 0 Å². The number of aliphatic hydroxyl groups is 29. The molecule has 11 fully saturated rings. The normalized spacial score (nSPS) is 49.2. The second kappa shape index (κ2) is 48.8. The molecule has 55 atom stereocenters. The van der Waals surface area contributed by atoms with Gasteiger partial charge in [0.1, 0.15) is 262 Å². The fraction of sp³-hybridized carbons (Fsp3) is 0.934. The molecule has 786 valence electrons. The lowest BCUT2D eigenvalue weighted by molar-refractivity contribution is -0.406. The first kappa shape index (κ1) is 112. The van der Waals surface area contributed by atoms with Gasteiger partial charge < -0.3 is 274 Å². The van der Waals surface area contributed by atoms with Crippen molar-refractivity contribution in [3.63, 3.8) is 0 Å². The molecule has 0 aliphatic carbocycles. The zero-order chi connectivity index (χ0) is 100. The van der Waals surface area contributed by atoms with E-state index in [4.69, 9.17) is 99.5 Å². The van der Waals surface area contributed by atoms with Crippen molar-refractivity contribution in [1.29, 1.82) is 0 Å². The third kappa shape index (κ3) is 24.6. The second-order valence-corrected chi connectivity index (χ2v) is 34.5. The highest BCUT2D eigenvalue weighted by molar-refractivity contribution is 5.75. The topological polar surface area (TPSA) is 926 Å². The van der Waals surface area contributed by atoms with Crippen molar-refractivity contribution in [2.75, 3.05) is 66.1 Å². The van der Waals surface area contributed by atoms with Gasteiger partial charge in [-0.1, -0.05) is 0 Å². The Morgan fingerprint density at radius 3 is 0.846 bits per heavy atom. The number of nitrogens with one attached hydrogen (secondary N) is 5. The van der Waals surface area contributed by atoms with Crippen LogP contribution in [0.5, 0.6) is 0 Å². The molecule has 0 unspecified atom stereocenters. The minimum absolute atomic E-state index is 0.821. The quantitative estimate of drug-likeness (QED) is 0.0280. The van der Waals surface area contributed by atoms with Crippen LogP contribution in [-0.4, -0.2) is 581 Å². The smallest absolute Gasteiger partial charge is 0.217 e. The fourth-order valence-corrected chi connectivity index (χ4v) is 17.8. The Balaban J connectivity index is 0.955. The van der Waals surface area contributed by atoms with E-state index in [-0.39, 0.29) is 0 Å². The third-order valence-electron chi connectivity index (χ3n) is 25.0. The van der Waals surface area contributed by atoms with Gasteiger partial charge in [-0.15, -0.1) is 0 Å². The maximum absolute atomic E-state index is 13.3. The van der Waals surface area contributed by atoms with Gasteiger partial charge in [-0.2, -0.15) is 0 Å². The Morgan fingerprint density at radius 2 is 0.449 bits per heavy atom. The summed E-state index contributed by atoms with van der Waals surface area (Å²) in [6.07, 6.45) is -107. The van der Waals surface area contributed by atoms with Gasteiger partial charge in [-0.05, 0) is 6.92 Å². The van der Waals surface area contributed by atoms with Gasteiger partial charge in [0.25, 0.3) is 0 Å². The molecule has 0 spiro atoms. The van der Waals surface area contributed by atoms with E-state index in [9.17, 15) is 172 Å². The molecule has 0 radical (unpaired) electrons.